The Hall–Kier alpha value is -3.92. The number of carbonyl (C=O) groups is 1. The lowest BCUT2D eigenvalue weighted by atomic mass is 10.1. The quantitative estimate of drug-likeness (QED) is 0.572. The number of ketones is 1. The van der Waals surface area contributed by atoms with Crippen LogP contribution in [0.3, 0.4) is 0 Å². The molecule has 0 aliphatic carbocycles. The van der Waals surface area contributed by atoms with Gasteiger partial charge in [-0.3, -0.25) is 4.79 Å². The van der Waals surface area contributed by atoms with Gasteiger partial charge >= 0.3 is 0 Å². The van der Waals surface area contributed by atoms with Crippen LogP contribution in [0, 0.1) is 0 Å². The summed E-state index contributed by atoms with van der Waals surface area (Å²) in [4.78, 5) is 20.1. The van der Waals surface area contributed by atoms with E-state index >= 15 is 0 Å². The number of hydrogen-bond acceptors (Lipinski definition) is 3. The van der Waals surface area contributed by atoms with Crippen molar-refractivity contribution in [2.45, 2.75) is 0 Å². The lowest BCUT2D eigenvalue weighted by molar-refractivity contribution is 0.107. The van der Waals surface area contributed by atoms with E-state index in [0.717, 1.165) is 27.0 Å². The molecule has 0 atom stereocenters. The number of hydrogen-bond donors (Lipinski definition) is 2. The van der Waals surface area contributed by atoms with Gasteiger partial charge < -0.3 is 10.1 Å². The van der Waals surface area contributed by atoms with E-state index in [4.69, 9.17) is 0 Å². The fraction of sp³-hybridized carbons (Fsp3) is 0. The number of aromatic hydroxyl groups is 1. The molecule has 0 bridgehead atoms. The molecule has 0 unspecified atom stereocenters. The highest BCUT2D eigenvalue weighted by Gasteiger charge is 2.21. The zero-order chi connectivity index (χ0) is 19.1. The minimum Gasteiger partial charge on any atom is -0.505 e. The van der Waals surface area contributed by atoms with E-state index in [1.807, 2.05) is 72.8 Å². The molecule has 5 rings (SSSR count). The van der Waals surface area contributed by atoms with Gasteiger partial charge in [0.05, 0.1) is 11.4 Å². The summed E-state index contributed by atoms with van der Waals surface area (Å²) in [5, 5.41) is 13.0. The van der Waals surface area contributed by atoms with E-state index < -0.39 is 0 Å². The molecule has 0 fully saturated rings. The first-order chi connectivity index (χ1) is 13.7. The van der Waals surface area contributed by atoms with Gasteiger partial charge in [-0.25, -0.2) is 4.99 Å². The number of fused-ring (bicyclic) bond motifs is 2. The highest BCUT2D eigenvalue weighted by molar-refractivity contribution is 6.58. The zero-order valence-electron chi connectivity index (χ0n) is 14.9. The van der Waals surface area contributed by atoms with Crippen molar-refractivity contribution in [1.82, 2.24) is 4.98 Å². The number of aliphatic imine (C=N–C) groups is 1. The largest absolute Gasteiger partial charge is 0.505 e. The molecule has 3 aromatic carbocycles. The van der Waals surface area contributed by atoms with Crippen molar-refractivity contribution in [3.63, 3.8) is 0 Å². The summed E-state index contributed by atoms with van der Waals surface area (Å²) in [5.41, 5.74) is 3.38. The van der Waals surface area contributed by atoms with Crippen molar-refractivity contribution in [2.75, 3.05) is 0 Å². The monoisotopic (exact) mass is 364 g/mol. The molecule has 0 saturated heterocycles. The predicted molar refractivity (Wildman–Crippen MR) is 112 cm³/mol. The number of carbonyl (C=O) groups excluding carboxylic acids is 1. The molecule has 4 heteroatoms. The third-order valence-corrected chi connectivity index (χ3v) is 4.88. The molecule has 0 spiro atoms. The minimum atomic E-state index is -0.0470. The summed E-state index contributed by atoms with van der Waals surface area (Å²) < 4.78 is 0. The average molecular weight is 364 g/mol. The Kier molecular flexibility index (Phi) is 3.69. The summed E-state index contributed by atoms with van der Waals surface area (Å²) in [6, 6.07) is 22.8. The van der Waals surface area contributed by atoms with Crippen molar-refractivity contribution in [1.29, 1.82) is 0 Å². The van der Waals surface area contributed by atoms with E-state index in [2.05, 4.69) is 9.98 Å². The van der Waals surface area contributed by atoms with E-state index in [1.165, 1.54) is 0 Å². The third kappa shape index (κ3) is 2.72. The lowest BCUT2D eigenvalue weighted by Crippen LogP contribution is -2.13. The third-order valence-electron chi connectivity index (χ3n) is 4.88. The second-order valence-electron chi connectivity index (χ2n) is 6.73. The van der Waals surface area contributed by atoms with Crippen LogP contribution >= 0.6 is 0 Å². The zero-order valence-corrected chi connectivity index (χ0v) is 14.9. The lowest BCUT2D eigenvalue weighted by Gasteiger charge is -1.93. The normalized spacial score (nSPS) is 12.7. The number of nitrogens with zero attached hydrogens (tertiary/aromatic N) is 1. The Morgan fingerprint density at radius 3 is 2.25 bits per heavy atom. The van der Waals surface area contributed by atoms with Crippen LogP contribution < -0.4 is 10.4 Å². The topological polar surface area (TPSA) is 65.5 Å². The molecule has 2 N–H and O–H groups in total. The van der Waals surface area contributed by atoms with Gasteiger partial charge in [-0.1, -0.05) is 48.5 Å². The summed E-state index contributed by atoms with van der Waals surface area (Å²) in [6.07, 6.45) is 3.69. The number of aromatic nitrogens is 1. The number of para-hydroxylation sites is 2. The molecule has 28 heavy (non-hydrogen) atoms. The maximum Gasteiger partial charge on any atom is 0.213 e. The van der Waals surface area contributed by atoms with Crippen LogP contribution in [0.4, 0.5) is 5.69 Å². The molecule has 2 heterocycles. The molecule has 0 radical (unpaired) electrons. The van der Waals surface area contributed by atoms with Crippen molar-refractivity contribution in [3.05, 3.63) is 94.5 Å². The molecule has 1 aliphatic rings. The Bertz CT molecular complexity index is 1370. The molecule has 1 aliphatic heterocycles. The standard InChI is InChI=1S/C24H16N2O2/c27-23-17-5-1-3-7-19(17)25-21(23)13-15-9-11-16(12-10-15)14-22-24(28)18-6-2-4-8-20(18)26-22/h1-14,25,27H. The Balaban J connectivity index is 1.49. The number of Topliss-reactive ketones (excluding diaryl/α,β-unsaturated/α-hetero) is 1. The van der Waals surface area contributed by atoms with Crippen molar-refractivity contribution >= 4 is 40.2 Å². The summed E-state index contributed by atoms with van der Waals surface area (Å²) in [5.74, 6) is 0.198. The van der Waals surface area contributed by atoms with Gasteiger partial charge in [0.1, 0.15) is 11.5 Å². The second-order valence-corrected chi connectivity index (χ2v) is 6.73. The van der Waals surface area contributed by atoms with Crippen LogP contribution in [-0.4, -0.2) is 21.6 Å². The Morgan fingerprint density at radius 2 is 1.50 bits per heavy atom. The summed E-state index contributed by atoms with van der Waals surface area (Å²) in [6.45, 7) is 0. The Labute approximate surface area is 160 Å². The van der Waals surface area contributed by atoms with Crippen LogP contribution in [0.1, 0.15) is 16.1 Å². The van der Waals surface area contributed by atoms with E-state index in [-0.39, 0.29) is 11.5 Å². The minimum absolute atomic E-state index is 0.0470. The summed E-state index contributed by atoms with van der Waals surface area (Å²) in [7, 11) is 0. The molecule has 134 valence electrons. The van der Waals surface area contributed by atoms with Crippen LogP contribution in [0.5, 0.6) is 5.75 Å². The van der Waals surface area contributed by atoms with Crippen LogP contribution in [0.25, 0.3) is 23.1 Å². The fourth-order valence-corrected chi connectivity index (χ4v) is 3.44. The van der Waals surface area contributed by atoms with Crippen LogP contribution in [0.2, 0.25) is 0 Å². The van der Waals surface area contributed by atoms with E-state index in [9.17, 15) is 9.90 Å². The van der Waals surface area contributed by atoms with Gasteiger partial charge in [0, 0.05) is 16.5 Å². The van der Waals surface area contributed by atoms with Crippen molar-refractivity contribution in [2.24, 2.45) is 4.99 Å². The van der Waals surface area contributed by atoms with Crippen LogP contribution in [-0.2, 0) is 0 Å². The van der Waals surface area contributed by atoms with Crippen molar-refractivity contribution in [3.8, 4) is 5.75 Å². The number of benzene rings is 3. The predicted octanol–water partition coefficient (Wildman–Crippen LogP) is 3.45. The maximum atomic E-state index is 12.4. The second kappa shape index (κ2) is 6.35. The van der Waals surface area contributed by atoms with Gasteiger partial charge in [0.25, 0.3) is 0 Å². The van der Waals surface area contributed by atoms with Gasteiger partial charge in [0.2, 0.25) is 5.78 Å². The van der Waals surface area contributed by atoms with E-state index in [1.54, 1.807) is 12.1 Å². The SMILES string of the molecule is O=C1C(C=c2ccc(=Cc3[nH]c4ccccc4c3O)cc2)=Nc2ccccc21. The molecule has 1 aromatic heterocycles. The van der Waals surface area contributed by atoms with Gasteiger partial charge in [-0.05, 0) is 46.9 Å². The maximum absolute atomic E-state index is 12.4. The first-order valence-corrected chi connectivity index (χ1v) is 9.01. The number of H-pyrrole nitrogens is 1. The first kappa shape index (κ1) is 16.3. The number of aromatic amines is 1. The van der Waals surface area contributed by atoms with Crippen molar-refractivity contribution < 1.29 is 9.90 Å². The smallest absolute Gasteiger partial charge is 0.213 e. The summed E-state index contributed by atoms with van der Waals surface area (Å²) >= 11 is 0. The first-order valence-electron chi connectivity index (χ1n) is 9.01. The molecule has 4 aromatic rings. The highest BCUT2D eigenvalue weighted by Crippen LogP contribution is 2.29. The molecular weight excluding hydrogens is 348 g/mol. The molecule has 0 saturated carbocycles. The van der Waals surface area contributed by atoms with Crippen LogP contribution in [0.15, 0.2) is 77.8 Å². The van der Waals surface area contributed by atoms with Gasteiger partial charge in [-0.2, -0.15) is 0 Å². The molecule has 4 nitrogen and oxygen atoms in total. The fourth-order valence-electron chi connectivity index (χ4n) is 3.44. The molecule has 0 amide bonds. The molecular formula is C24H16N2O2. The Morgan fingerprint density at radius 1 is 0.821 bits per heavy atom. The van der Waals surface area contributed by atoms with E-state index in [0.29, 0.717) is 17.0 Å². The number of nitrogens with one attached hydrogen (secondary N) is 1. The average Bonchev–Trinajstić information content (AvgIpc) is 3.21. The van der Waals surface area contributed by atoms with Gasteiger partial charge in [0.15, 0.2) is 0 Å². The number of rotatable bonds is 2. The highest BCUT2D eigenvalue weighted by atomic mass is 16.3. The van der Waals surface area contributed by atoms with Gasteiger partial charge in [-0.15, -0.1) is 0 Å².